The molecule has 0 unspecified atom stereocenters. The van der Waals surface area contributed by atoms with Crippen molar-refractivity contribution in [3.63, 3.8) is 0 Å². The van der Waals surface area contributed by atoms with E-state index in [0.29, 0.717) is 47.6 Å². The van der Waals surface area contributed by atoms with Gasteiger partial charge in [-0.25, -0.2) is 0 Å². The Hall–Kier alpha value is -4.07. The molecule has 0 bridgehead atoms. The Balaban J connectivity index is 1.35. The van der Waals surface area contributed by atoms with Crippen molar-refractivity contribution >= 4 is 23.2 Å². The zero-order chi connectivity index (χ0) is 24.2. The minimum atomic E-state index is -0.348. The van der Waals surface area contributed by atoms with Crippen molar-refractivity contribution in [2.75, 3.05) is 26.3 Å². The number of nitrogens with one attached hydrogen (secondary N) is 1. The Morgan fingerprint density at radius 1 is 0.912 bits per heavy atom. The highest BCUT2D eigenvalue weighted by Crippen LogP contribution is 2.34. The summed E-state index contributed by atoms with van der Waals surface area (Å²) in [6.07, 6.45) is 1.17. The molecule has 34 heavy (non-hydrogen) atoms. The van der Waals surface area contributed by atoms with Crippen LogP contribution >= 0.6 is 0 Å². The number of anilines is 1. The number of amides is 1. The maximum atomic E-state index is 12.8. The zero-order valence-corrected chi connectivity index (χ0v) is 19.2. The van der Waals surface area contributed by atoms with Crippen molar-refractivity contribution in [3.8, 4) is 11.5 Å². The molecule has 1 amide bonds. The molecule has 0 fully saturated rings. The highest BCUT2D eigenvalue weighted by atomic mass is 16.7. The lowest BCUT2D eigenvalue weighted by atomic mass is 9.88. The molecule has 8 heteroatoms. The number of Topliss-reactive ketones (excluding diaryl/α,β-unsaturated/α-hetero) is 2. The summed E-state index contributed by atoms with van der Waals surface area (Å²) in [6, 6.07) is 12.9. The first-order valence-corrected chi connectivity index (χ1v) is 10.8. The number of ether oxygens (including phenoxy) is 4. The molecule has 0 saturated carbocycles. The Morgan fingerprint density at radius 3 is 2.26 bits per heavy atom. The molecular formula is C26H25NO7. The number of hydrogen-bond acceptors (Lipinski definition) is 7. The highest BCUT2D eigenvalue weighted by molar-refractivity contribution is 6.23. The molecule has 0 radical (unpaired) electrons. The van der Waals surface area contributed by atoms with Crippen LogP contribution in [0, 0.1) is 0 Å². The summed E-state index contributed by atoms with van der Waals surface area (Å²) in [4.78, 5) is 37.7. The van der Waals surface area contributed by atoms with E-state index in [-0.39, 0.29) is 35.8 Å². The first kappa shape index (κ1) is 23.1. The third kappa shape index (κ3) is 4.66. The number of fused-ring (bicyclic) bond motifs is 1. The summed E-state index contributed by atoms with van der Waals surface area (Å²) in [5, 5.41) is 2.86. The molecule has 1 heterocycles. The molecule has 1 N–H and O–H groups in total. The van der Waals surface area contributed by atoms with Crippen molar-refractivity contribution in [2.45, 2.75) is 26.2 Å². The van der Waals surface area contributed by atoms with E-state index in [1.807, 2.05) is 24.3 Å². The molecule has 176 valence electrons. The first-order chi connectivity index (χ1) is 16.4. The summed E-state index contributed by atoms with van der Waals surface area (Å²) in [5.74, 6) is 0.337. The topological polar surface area (TPSA) is 100 Å². The number of carbonyl (C=O) groups excluding carboxylic acids is 3. The van der Waals surface area contributed by atoms with Crippen LogP contribution in [-0.2, 0) is 36.7 Å². The molecule has 0 atom stereocenters. The van der Waals surface area contributed by atoms with Crippen molar-refractivity contribution in [1.82, 2.24) is 0 Å². The first-order valence-electron chi connectivity index (χ1n) is 10.8. The molecule has 1 aliphatic heterocycles. The number of hydrogen-bond donors (Lipinski definition) is 1. The van der Waals surface area contributed by atoms with Crippen molar-refractivity contribution in [3.05, 3.63) is 76.3 Å². The van der Waals surface area contributed by atoms with Gasteiger partial charge in [-0.05, 0) is 36.6 Å². The van der Waals surface area contributed by atoms with E-state index < -0.39 is 0 Å². The van der Waals surface area contributed by atoms with Crippen molar-refractivity contribution in [2.24, 2.45) is 0 Å². The number of carbonyl (C=O) groups is 3. The summed E-state index contributed by atoms with van der Waals surface area (Å²) in [5.41, 5.74) is 3.26. The third-order valence-corrected chi connectivity index (χ3v) is 5.80. The average Bonchev–Trinajstić information content (AvgIpc) is 3.31. The summed E-state index contributed by atoms with van der Waals surface area (Å²) < 4.78 is 20.8. The molecule has 8 nitrogen and oxygen atoms in total. The Labute approximate surface area is 197 Å². The quantitative estimate of drug-likeness (QED) is 0.598. The molecule has 1 aliphatic carbocycles. The SMILES string of the molecule is COC1=C(OC)C(=O)C(Cc2ccc(CCC(=O)Nc3ccc4c(c3)OCO4)cc2)=C(C)C1=O. The molecule has 0 saturated heterocycles. The fraction of sp³-hybridized carbons (Fsp3) is 0.269. The second-order valence-corrected chi connectivity index (χ2v) is 7.94. The van der Waals surface area contributed by atoms with Gasteiger partial charge in [-0.2, -0.15) is 0 Å². The van der Waals surface area contributed by atoms with Crippen LogP contribution in [0.15, 0.2) is 65.1 Å². The highest BCUT2D eigenvalue weighted by Gasteiger charge is 2.34. The van der Waals surface area contributed by atoms with Gasteiger partial charge in [-0.1, -0.05) is 24.3 Å². The van der Waals surface area contributed by atoms with Gasteiger partial charge in [0.25, 0.3) is 0 Å². The summed E-state index contributed by atoms with van der Waals surface area (Å²) in [6.45, 7) is 1.80. The van der Waals surface area contributed by atoms with Gasteiger partial charge in [-0.15, -0.1) is 0 Å². The van der Waals surface area contributed by atoms with Crippen LogP contribution < -0.4 is 14.8 Å². The van der Waals surface area contributed by atoms with E-state index in [0.717, 1.165) is 11.1 Å². The van der Waals surface area contributed by atoms with E-state index in [4.69, 9.17) is 18.9 Å². The zero-order valence-electron chi connectivity index (χ0n) is 19.2. The number of allylic oxidation sites excluding steroid dienone is 2. The lowest BCUT2D eigenvalue weighted by Gasteiger charge is -2.20. The standard InChI is InChI=1S/C26H25NO7/c1-15-19(24(30)26(32-3)25(31-2)23(15)29)12-17-6-4-16(5-7-17)8-11-22(28)27-18-9-10-20-21(13-18)34-14-33-20/h4-7,9-10,13H,8,11-12,14H2,1-3H3,(H,27,28). The van der Waals surface area contributed by atoms with Crippen LogP contribution in [0.3, 0.4) is 0 Å². The van der Waals surface area contributed by atoms with Crippen LogP contribution in [0.1, 0.15) is 24.5 Å². The van der Waals surface area contributed by atoms with Gasteiger partial charge < -0.3 is 24.3 Å². The van der Waals surface area contributed by atoms with Gasteiger partial charge in [-0.3, -0.25) is 14.4 Å². The number of aryl methyl sites for hydroxylation is 1. The minimum absolute atomic E-state index is 0.0666. The third-order valence-electron chi connectivity index (χ3n) is 5.80. The predicted octanol–water partition coefficient (Wildman–Crippen LogP) is 3.50. The Kier molecular flexibility index (Phi) is 6.67. The van der Waals surface area contributed by atoms with Gasteiger partial charge in [0, 0.05) is 35.7 Å². The predicted molar refractivity (Wildman–Crippen MR) is 123 cm³/mol. The molecular weight excluding hydrogens is 438 g/mol. The van der Waals surface area contributed by atoms with E-state index in [1.165, 1.54) is 14.2 Å². The van der Waals surface area contributed by atoms with Gasteiger partial charge in [0.05, 0.1) is 14.2 Å². The molecule has 0 aromatic heterocycles. The van der Waals surface area contributed by atoms with E-state index >= 15 is 0 Å². The van der Waals surface area contributed by atoms with Crippen LogP contribution in [0.25, 0.3) is 0 Å². The molecule has 2 aromatic rings. The van der Waals surface area contributed by atoms with Crippen LogP contribution in [0.4, 0.5) is 5.69 Å². The summed E-state index contributed by atoms with van der Waals surface area (Å²) in [7, 11) is 2.68. The van der Waals surface area contributed by atoms with Gasteiger partial charge >= 0.3 is 0 Å². The van der Waals surface area contributed by atoms with Crippen LogP contribution in [-0.4, -0.2) is 38.5 Å². The molecule has 2 aromatic carbocycles. The summed E-state index contributed by atoms with van der Waals surface area (Å²) >= 11 is 0. The maximum Gasteiger partial charge on any atom is 0.231 e. The monoisotopic (exact) mass is 463 g/mol. The number of ketones is 2. The number of methoxy groups -OCH3 is 2. The number of rotatable bonds is 8. The lowest BCUT2D eigenvalue weighted by Crippen LogP contribution is -2.26. The second kappa shape index (κ2) is 9.82. The fourth-order valence-electron chi connectivity index (χ4n) is 3.89. The Morgan fingerprint density at radius 2 is 1.56 bits per heavy atom. The van der Waals surface area contributed by atoms with Gasteiger partial charge in [0.1, 0.15) is 0 Å². The van der Waals surface area contributed by atoms with E-state index in [1.54, 1.807) is 25.1 Å². The van der Waals surface area contributed by atoms with Gasteiger partial charge in [0.15, 0.2) is 11.5 Å². The largest absolute Gasteiger partial charge is 0.489 e. The lowest BCUT2D eigenvalue weighted by molar-refractivity contribution is -0.121. The van der Waals surface area contributed by atoms with Gasteiger partial charge in [0.2, 0.25) is 35.8 Å². The van der Waals surface area contributed by atoms with Crippen LogP contribution in [0.2, 0.25) is 0 Å². The van der Waals surface area contributed by atoms with E-state index in [9.17, 15) is 14.4 Å². The van der Waals surface area contributed by atoms with Crippen LogP contribution in [0.5, 0.6) is 11.5 Å². The molecule has 4 rings (SSSR count). The average molecular weight is 463 g/mol. The normalized spacial score (nSPS) is 15.0. The second-order valence-electron chi connectivity index (χ2n) is 7.94. The number of benzene rings is 2. The molecule has 2 aliphatic rings. The van der Waals surface area contributed by atoms with Crippen molar-refractivity contribution < 1.29 is 33.3 Å². The fourth-order valence-corrected chi connectivity index (χ4v) is 3.89. The smallest absolute Gasteiger partial charge is 0.231 e. The maximum absolute atomic E-state index is 12.8. The Bertz CT molecular complexity index is 1210. The van der Waals surface area contributed by atoms with E-state index in [2.05, 4.69) is 5.32 Å². The minimum Gasteiger partial charge on any atom is -0.489 e. The van der Waals surface area contributed by atoms with Crippen molar-refractivity contribution in [1.29, 1.82) is 0 Å². The molecule has 0 spiro atoms.